The zero-order chi connectivity index (χ0) is 17.1. The van der Waals surface area contributed by atoms with E-state index in [4.69, 9.17) is 4.74 Å². The highest BCUT2D eigenvalue weighted by molar-refractivity contribution is 7.15. The first-order valence-corrected chi connectivity index (χ1v) is 9.01. The van der Waals surface area contributed by atoms with E-state index in [-0.39, 0.29) is 5.91 Å². The standard InChI is InChI=1S/C19H17N3O2S/c23-17(20-19-22-21-18(25-19)14-9-10-14)15-7-4-8-16(11-15)24-12-13-5-2-1-3-6-13/h1-8,11,14H,9-10,12H2,(H,20,22,23). The van der Waals surface area contributed by atoms with E-state index >= 15 is 0 Å². The average molecular weight is 351 g/mol. The van der Waals surface area contributed by atoms with Crippen LogP contribution in [-0.2, 0) is 6.61 Å². The Kier molecular flexibility index (Phi) is 4.43. The van der Waals surface area contributed by atoms with Crippen LogP contribution >= 0.6 is 11.3 Å². The summed E-state index contributed by atoms with van der Waals surface area (Å²) < 4.78 is 5.77. The first-order chi connectivity index (χ1) is 12.3. The molecule has 0 aliphatic heterocycles. The Hall–Kier alpha value is -2.73. The van der Waals surface area contributed by atoms with Gasteiger partial charge in [-0.15, -0.1) is 10.2 Å². The topological polar surface area (TPSA) is 64.1 Å². The minimum absolute atomic E-state index is 0.205. The van der Waals surface area contributed by atoms with Gasteiger partial charge in [0.25, 0.3) is 5.91 Å². The SMILES string of the molecule is O=C(Nc1nnc(C2CC2)s1)c1cccc(OCc2ccccc2)c1. The first-order valence-electron chi connectivity index (χ1n) is 8.19. The minimum Gasteiger partial charge on any atom is -0.489 e. The maximum Gasteiger partial charge on any atom is 0.257 e. The van der Waals surface area contributed by atoms with E-state index in [0.29, 0.717) is 29.0 Å². The molecule has 0 atom stereocenters. The molecule has 126 valence electrons. The summed E-state index contributed by atoms with van der Waals surface area (Å²) in [6, 6.07) is 17.1. The van der Waals surface area contributed by atoms with Crippen LogP contribution < -0.4 is 10.1 Å². The number of rotatable bonds is 6. The van der Waals surface area contributed by atoms with Crippen LogP contribution in [0.4, 0.5) is 5.13 Å². The predicted octanol–water partition coefficient (Wildman–Crippen LogP) is 4.25. The number of anilines is 1. The first kappa shape index (κ1) is 15.8. The van der Waals surface area contributed by atoms with Gasteiger partial charge in [-0.3, -0.25) is 10.1 Å². The van der Waals surface area contributed by atoms with Crippen LogP contribution in [-0.4, -0.2) is 16.1 Å². The van der Waals surface area contributed by atoms with Gasteiger partial charge in [0, 0.05) is 11.5 Å². The lowest BCUT2D eigenvalue weighted by Crippen LogP contribution is -2.11. The van der Waals surface area contributed by atoms with Crippen molar-refractivity contribution in [2.24, 2.45) is 0 Å². The highest BCUT2D eigenvalue weighted by Crippen LogP contribution is 2.42. The summed E-state index contributed by atoms with van der Waals surface area (Å²) in [5, 5.41) is 12.5. The molecule has 0 radical (unpaired) electrons. The molecule has 6 heteroatoms. The van der Waals surface area contributed by atoms with Gasteiger partial charge in [-0.05, 0) is 36.6 Å². The average Bonchev–Trinajstić information content (AvgIpc) is 3.41. The summed E-state index contributed by atoms with van der Waals surface area (Å²) in [5.74, 6) is 0.994. The number of hydrogen-bond acceptors (Lipinski definition) is 5. The predicted molar refractivity (Wildman–Crippen MR) is 97.1 cm³/mol. The van der Waals surface area contributed by atoms with Crippen LogP contribution in [0.15, 0.2) is 54.6 Å². The fourth-order valence-corrected chi connectivity index (χ4v) is 3.33. The van der Waals surface area contributed by atoms with Crippen molar-refractivity contribution in [3.05, 3.63) is 70.7 Å². The Bertz CT molecular complexity index is 875. The van der Waals surface area contributed by atoms with E-state index in [9.17, 15) is 4.79 Å². The van der Waals surface area contributed by atoms with Gasteiger partial charge in [0.15, 0.2) is 0 Å². The zero-order valence-corrected chi connectivity index (χ0v) is 14.3. The minimum atomic E-state index is -0.205. The van der Waals surface area contributed by atoms with Crippen LogP contribution in [0.2, 0.25) is 0 Å². The van der Waals surface area contributed by atoms with E-state index in [1.165, 1.54) is 24.2 Å². The fourth-order valence-electron chi connectivity index (χ4n) is 2.42. The molecular weight excluding hydrogens is 334 g/mol. The van der Waals surface area contributed by atoms with Gasteiger partial charge in [-0.2, -0.15) is 0 Å². The summed E-state index contributed by atoms with van der Waals surface area (Å²) in [5.41, 5.74) is 1.62. The highest BCUT2D eigenvalue weighted by atomic mass is 32.1. The Balaban J connectivity index is 1.40. The molecule has 1 aliphatic rings. The molecule has 2 aromatic carbocycles. The van der Waals surface area contributed by atoms with Gasteiger partial charge < -0.3 is 4.74 Å². The lowest BCUT2D eigenvalue weighted by atomic mass is 10.2. The molecule has 1 aromatic heterocycles. The van der Waals surface area contributed by atoms with Crippen molar-refractivity contribution in [1.82, 2.24) is 10.2 Å². The summed E-state index contributed by atoms with van der Waals surface area (Å²) in [4.78, 5) is 12.4. The molecule has 0 unspecified atom stereocenters. The molecule has 1 saturated carbocycles. The molecule has 0 bridgehead atoms. The summed E-state index contributed by atoms with van der Waals surface area (Å²) in [7, 11) is 0. The molecule has 3 aromatic rings. The Labute approximate surface area is 149 Å². The molecular formula is C19H17N3O2S. The lowest BCUT2D eigenvalue weighted by Gasteiger charge is -2.08. The van der Waals surface area contributed by atoms with Crippen molar-refractivity contribution >= 4 is 22.4 Å². The van der Waals surface area contributed by atoms with Gasteiger partial charge in [-0.1, -0.05) is 47.7 Å². The van der Waals surface area contributed by atoms with Crippen molar-refractivity contribution in [3.63, 3.8) is 0 Å². The molecule has 5 nitrogen and oxygen atoms in total. The zero-order valence-electron chi connectivity index (χ0n) is 13.5. The molecule has 1 heterocycles. The van der Waals surface area contributed by atoms with E-state index in [0.717, 1.165) is 10.6 Å². The molecule has 0 spiro atoms. The van der Waals surface area contributed by atoms with E-state index in [1.807, 2.05) is 42.5 Å². The molecule has 1 fully saturated rings. The van der Waals surface area contributed by atoms with Crippen molar-refractivity contribution in [2.45, 2.75) is 25.4 Å². The molecule has 1 aliphatic carbocycles. The number of hydrogen-bond donors (Lipinski definition) is 1. The van der Waals surface area contributed by atoms with Crippen molar-refractivity contribution in [3.8, 4) is 5.75 Å². The second kappa shape index (κ2) is 7.03. The smallest absolute Gasteiger partial charge is 0.257 e. The normalized spacial score (nSPS) is 13.4. The molecule has 4 rings (SSSR count). The van der Waals surface area contributed by atoms with Gasteiger partial charge >= 0.3 is 0 Å². The van der Waals surface area contributed by atoms with E-state index < -0.39 is 0 Å². The largest absolute Gasteiger partial charge is 0.489 e. The van der Waals surface area contributed by atoms with Crippen LogP contribution in [0, 0.1) is 0 Å². The molecule has 1 N–H and O–H groups in total. The van der Waals surface area contributed by atoms with Crippen molar-refractivity contribution in [2.75, 3.05) is 5.32 Å². The number of aromatic nitrogens is 2. The third kappa shape index (κ3) is 4.03. The molecule has 0 saturated heterocycles. The quantitative estimate of drug-likeness (QED) is 0.721. The van der Waals surface area contributed by atoms with Crippen LogP contribution in [0.1, 0.15) is 39.7 Å². The maximum absolute atomic E-state index is 12.4. The van der Waals surface area contributed by atoms with E-state index in [2.05, 4.69) is 15.5 Å². The third-order valence-electron chi connectivity index (χ3n) is 3.93. The molecule has 25 heavy (non-hydrogen) atoms. The number of carbonyl (C=O) groups excluding carboxylic acids is 1. The van der Waals surface area contributed by atoms with Crippen molar-refractivity contribution < 1.29 is 9.53 Å². The maximum atomic E-state index is 12.4. The number of amides is 1. The Morgan fingerprint density at radius 2 is 1.96 bits per heavy atom. The number of ether oxygens (including phenoxy) is 1. The monoisotopic (exact) mass is 351 g/mol. The van der Waals surface area contributed by atoms with Crippen molar-refractivity contribution in [1.29, 1.82) is 0 Å². The Morgan fingerprint density at radius 1 is 1.12 bits per heavy atom. The van der Waals surface area contributed by atoms with Crippen LogP contribution in [0.5, 0.6) is 5.75 Å². The second-order valence-corrected chi connectivity index (χ2v) is 6.99. The number of benzene rings is 2. The van der Waals surface area contributed by atoms with Gasteiger partial charge in [-0.25, -0.2) is 0 Å². The molecule has 1 amide bonds. The van der Waals surface area contributed by atoms with Crippen LogP contribution in [0.25, 0.3) is 0 Å². The van der Waals surface area contributed by atoms with Crippen LogP contribution in [0.3, 0.4) is 0 Å². The summed E-state index contributed by atoms with van der Waals surface area (Å²) in [6.45, 7) is 0.465. The third-order valence-corrected chi connectivity index (χ3v) is 4.93. The summed E-state index contributed by atoms with van der Waals surface area (Å²) >= 11 is 1.45. The summed E-state index contributed by atoms with van der Waals surface area (Å²) in [6.07, 6.45) is 2.34. The van der Waals surface area contributed by atoms with Gasteiger partial charge in [0.05, 0.1) is 0 Å². The highest BCUT2D eigenvalue weighted by Gasteiger charge is 2.27. The number of nitrogens with zero attached hydrogens (tertiary/aromatic N) is 2. The van der Waals surface area contributed by atoms with E-state index in [1.54, 1.807) is 12.1 Å². The number of carbonyl (C=O) groups is 1. The van der Waals surface area contributed by atoms with Gasteiger partial charge in [0.2, 0.25) is 5.13 Å². The lowest BCUT2D eigenvalue weighted by molar-refractivity contribution is 0.102. The Morgan fingerprint density at radius 3 is 2.76 bits per heavy atom. The second-order valence-electron chi connectivity index (χ2n) is 5.98. The fraction of sp³-hybridized carbons (Fsp3) is 0.211. The van der Waals surface area contributed by atoms with Gasteiger partial charge in [0.1, 0.15) is 17.4 Å². The number of nitrogens with one attached hydrogen (secondary N) is 1.